The number of halogens is 1. The molecule has 7 heteroatoms. The summed E-state index contributed by atoms with van der Waals surface area (Å²) < 4.78 is 6.42. The van der Waals surface area contributed by atoms with E-state index in [4.69, 9.17) is 4.74 Å². The van der Waals surface area contributed by atoms with E-state index in [1.54, 1.807) is 11.3 Å². The van der Waals surface area contributed by atoms with Crippen molar-refractivity contribution < 1.29 is 9.53 Å². The van der Waals surface area contributed by atoms with Gasteiger partial charge in [-0.2, -0.15) is 5.10 Å². The highest BCUT2D eigenvalue weighted by Gasteiger charge is 2.15. The summed E-state index contributed by atoms with van der Waals surface area (Å²) in [6.07, 6.45) is 0. The maximum absolute atomic E-state index is 12.4. The average Bonchev–Trinajstić information content (AvgIpc) is 3.26. The number of hydrogen-bond donors (Lipinski definition) is 2. The zero-order valence-electron chi connectivity index (χ0n) is 11.9. The molecule has 1 aliphatic heterocycles. The first-order valence-corrected chi connectivity index (χ1v) is 8.62. The number of aromatic amines is 1. The molecule has 0 radical (unpaired) electrons. The van der Waals surface area contributed by atoms with E-state index < -0.39 is 0 Å². The third-order valence-corrected chi connectivity index (χ3v) is 5.30. The molecule has 5 nitrogen and oxygen atoms in total. The van der Waals surface area contributed by atoms with E-state index in [1.165, 1.54) is 0 Å². The summed E-state index contributed by atoms with van der Waals surface area (Å²) in [5.41, 5.74) is 3.70. The quantitative estimate of drug-likeness (QED) is 0.705. The van der Waals surface area contributed by atoms with Crippen LogP contribution in [-0.2, 0) is 18.0 Å². The number of nitrogens with one attached hydrogen (secondary N) is 2. The SMILES string of the molecule is O=C(Nc1cc(-c2ccc(Br)s2)[nH]n1)c1ccc2c(c1)COC2. The molecule has 4 rings (SSSR count). The fourth-order valence-electron chi connectivity index (χ4n) is 2.47. The number of carbonyl (C=O) groups is 1. The zero-order valence-corrected chi connectivity index (χ0v) is 14.3. The van der Waals surface area contributed by atoms with E-state index in [-0.39, 0.29) is 5.91 Å². The second-order valence-electron chi connectivity index (χ2n) is 5.20. The Hall–Kier alpha value is -1.96. The minimum Gasteiger partial charge on any atom is -0.372 e. The smallest absolute Gasteiger partial charge is 0.256 e. The fraction of sp³-hybridized carbons (Fsp3) is 0.125. The summed E-state index contributed by atoms with van der Waals surface area (Å²) in [7, 11) is 0. The van der Waals surface area contributed by atoms with Gasteiger partial charge in [-0.1, -0.05) is 6.07 Å². The van der Waals surface area contributed by atoms with Gasteiger partial charge in [0.05, 0.1) is 27.6 Å². The lowest BCUT2D eigenvalue weighted by atomic mass is 10.1. The fourth-order valence-corrected chi connectivity index (χ4v) is 3.82. The molecule has 23 heavy (non-hydrogen) atoms. The summed E-state index contributed by atoms with van der Waals surface area (Å²) in [5, 5.41) is 9.91. The molecule has 2 aromatic heterocycles. The molecule has 0 spiro atoms. The van der Waals surface area contributed by atoms with Crippen LogP contribution in [0.25, 0.3) is 10.6 Å². The Labute approximate surface area is 144 Å². The number of hydrogen-bond acceptors (Lipinski definition) is 4. The molecule has 2 N–H and O–H groups in total. The van der Waals surface area contributed by atoms with Gasteiger partial charge in [-0.05, 0) is 51.3 Å². The van der Waals surface area contributed by atoms with Gasteiger partial charge in [-0.25, -0.2) is 0 Å². The number of benzene rings is 1. The number of thiophene rings is 1. The summed E-state index contributed by atoms with van der Waals surface area (Å²) in [5.74, 6) is 0.330. The van der Waals surface area contributed by atoms with Gasteiger partial charge < -0.3 is 10.1 Å². The predicted molar refractivity (Wildman–Crippen MR) is 92.5 cm³/mol. The third kappa shape index (κ3) is 2.95. The molecule has 1 aliphatic rings. The number of anilines is 1. The van der Waals surface area contributed by atoms with Gasteiger partial charge in [-0.3, -0.25) is 9.89 Å². The van der Waals surface area contributed by atoms with Crippen molar-refractivity contribution in [3.8, 4) is 10.6 Å². The molecule has 0 saturated heterocycles. The molecular weight excluding hydrogens is 378 g/mol. The van der Waals surface area contributed by atoms with Crippen molar-refractivity contribution in [3.63, 3.8) is 0 Å². The van der Waals surface area contributed by atoms with Crippen molar-refractivity contribution in [2.75, 3.05) is 5.32 Å². The van der Waals surface area contributed by atoms with E-state index in [9.17, 15) is 4.79 Å². The van der Waals surface area contributed by atoms with Gasteiger partial charge in [0, 0.05) is 11.6 Å². The van der Waals surface area contributed by atoms with Crippen LogP contribution in [0.2, 0.25) is 0 Å². The van der Waals surface area contributed by atoms with Gasteiger partial charge in [0.1, 0.15) is 0 Å². The molecule has 0 unspecified atom stereocenters. The molecular formula is C16H12BrN3O2S. The van der Waals surface area contributed by atoms with E-state index in [0.29, 0.717) is 24.6 Å². The van der Waals surface area contributed by atoms with Gasteiger partial charge in [-0.15, -0.1) is 11.3 Å². The lowest BCUT2D eigenvalue weighted by Crippen LogP contribution is -2.12. The second kappa shape index (κ2) is 5.92. The maximum atomic E-state index is 12.4. The lowest BCUT2D eigenvalue weighted by molar-refractivity contribution is 0.102. The van der Waals surface area contributed by atoms with Crippen LogP contribution in [0.1, 0.15) is 21.5 Å². The van der Waals surface area contributed by atoms with Crippen LogP contribution in [-0.4, -0.2) is 16.1 Å². The molecule has 0 saturated carbocycles. The number of carbonyl (C=O) groups excluding carboxylic acids is 1. The first-order valence-electron chi connectivity index (χ1n) is 7.01. The molecule has 1 aromatic carbocycles. The van der Waals surface area contributed by atoms with Crippen LogP contribution in [0.3, 0.4) is 0 Å². The number of nitrogens with zero attached hydrogens (tertiary/aromatic N) is 1. The standard InChI is InChI=1S/C16H12BrN3O2S/c17-14-4-3-13(23-14)12-6-15(20-19-12)18-16(21)9-1-2-10-7-22-8-11(10)5-9/h1-6H,7-8H2,(H2,18,19,20,21). The molecule has 0 fully saturated rings. The number of aromatic nitrogens is 2. The summed E-state index contributed by atoms with van der Waals surface area (Å²) in [6, 6.07) is 11.4. The lowest BCUT2D eigenvalue weighted by Gasteiger charge is -2.03. The van der Waals surface area contributed by atoms with Crippen LogP contribution in [0.4, 0.5) is 5.82 Å². The average molecular weight is 390 g/mol. The highest BCUT2D eigenvalue weighted by molar-refractivity contribution is 9.11. The highest BCUT2D eigenvalue weighted by Crippen LogP contribution is 2.31. The van der Waals surface area contributed by atoms with Gasteiger partial charge in [0.25, 0.3) is 5.91 Å². The van der Waals surface area contributed by atoms with Crippen molar-refractivity contribution in [2.24, 2.45) is 0 Å². The number of amides is 1. The van der Waals surface area contributed by atoms with Gasteiger partial charge in [0.2, 0.25) is 0 Å². The number of fused-ring (bicyclic) bond motifs is 1. The summed E-state index contributed by atoms with van der Waals surface area (Å²) in [4.78, 5) is 13.4. The molecule has 0 atom stereocenters. The first kappa shape index (κ1) is 14.6. The van der Waals surface area contributed by atoms with E-state index in [1.807, 2.05) is 36.4 Å². The Morgan fingerprint density at radius 3 is 2.91 bits per heavy atom. The summed E-state index contributed by atoms with van der Waals surface area (Å²) in [6.45, 7) is 1.19. The van der Waals surface area contributed by atoms with Crippen LogP contribution < -0.4 is 5.32 Å². The molecule has 116 valence electrons. The van der Waals surface area contributed by atoms with Crippen LogP contribution in [0, 0.1) is 0 Å². The largest absolute Gasteiger partial charge is 0.372 e. The Morgan fingerprint density at radius 2 is 2.09 bits per heavy atom. The van der Waals surface area contributed by atoms with Crippen molar-refractivity contribution in [3.05, 3.63) is 56.9 Å². The van der Waals surface area contributed by atoms with Crippen molar-refractivity contribution in [2.45, 2.75) is 13.2 Å². The van der Waals surface area contributed by atoms with E-state index >= 15 is 0 Å². The third-order valence-electron chi connectivity index (χ3n) is 3.64. The second-order valence-corrected chi connectivity index (χ2v) is 7.66. The predicted octanol–water partition coefficient (Wildman–Crippen LogP) is 4.18. The van der Waals surface area contributed by atoms with Crippen molar-refractivity contribution in [1.82, 2.24) is 10.2 Å². The maximum Gasteiger partial charge on any atom is 0.256 e. The zero-order chi connectivity index (χ0) is 15.8. The van der Waals surface area contributed by atoms with Crippen molar-refractivity contribution in [1.29, 1.82) is 0 Å². The van der Waals surface area contributed by atoms with Crippen molar-refractivity contribution >= 4 is 39.0 Å². The van der Waals surface area contributed by atoms with E-state index in [0.717, 1.165) is 25.5 Å². The summed E-state index contributed by atoms with van der Waals surface area (Å²) >= 11 is 5.04. The van der Waals surface area contributed by atoms with Gasteiger partial charge >= 0.3 is 0 Å². The molecule has 1 amide bonds. The van der Waals surface area contributed by atoms with E-state index in [2.05, 4.69) is 31.4 Å². The van der Waals surface area contributed by atoms with Crippen LogP contribution in [0.5, 0.6) is 0 Å². The topological polar surface area (TPSA) is 67.0 Å². The molecule has 3 aromatic rings. The van der Waals surface area contributed by atoms with Gasteiger partial charge in [0.15, 0.2) is 5.82 Å². The van der Waals surface area contributed by atoms with Crippen LogP contribution in [0.15, 0.2) is 40.2 Å². The monoisotopic (exact) mass is 389 g/mol. The Kier molecular flexibility index (Phi) is 3.76. The molecule has 0 aliphatic carbocycles. The van der Waals surface area contributed by atoms with Crippen LogP contribution >= 0.6 is 27.3 Å². The Balaban J connectivity index is 1.52. The normalized spacial score (nSPS) is 13.1. The number of rotatable bonds is 3. The first-order chi connectivity index (χ1) is 11.2. The number of ether oxygens (including phenoxy) is 1. The molecule has 3 heterocycles. The minimum absolute atomic E-state index is 0.176. The Bertz CT molecular complexity index is 887. The molecule has 0 bridgehead atoms. The highest BCUT2D eigenvalue weighted by atomic mass is 79.9. The number of H-pyrrole nitrogens is 1. The minimum atomic E-state index is -0.176. The Morgan fingerprint density at radius 1 is 1.22 bits per heavy atom.